The van der Waals surface area contributed by atoms with Crippen molar-refractivity contribution in [3.05, 3.63) is 33.3 Å². The zero-order chi connectivity index (χ0) is 13.3. The first-order valence-electron chi connectivity index (χ1n) is 6.12. The summed E-state index contributed by atoms with van der Waals surface area (Å²) in [6.45, 7) is 5.70. The van der Waals surface area contributed by atoms with Crippen LogP contribution in [0, 0.1) is 6.92 Å². The second-order valence-corrected chi connectivity index (χ2v) is 5.66. The van der Waals surface area contributed by atoms with Crippen molar-refractivity contribution in [1.29, 1.82) is 0 Å². The van der Waals surface area contributed by atoms with Crippen LogP contribution in [0.2, 0.25) is 0 Å². The maximum absolute atomic E-state index is 11.6. The SMILES string of the molecule is COC(=O)C(C)N1CCc2c(Br)cc(C)cc2C1. The molecule has 1 unspecified atom stereocenters. The molecule has 0 radical (unpaired) electrons. The summed E-state index contributed by atoms with van der Waals surface area (Å²) >= 11 is 3.62. The summed E-state index contributed by atoms with van der Waals surface area (Å²) in [7, 11) is 1.44. The largest absolute Gasteiger partial charge is 0.468 e. The Kier molecular flexibility index (Phi) is 4.07. The Morgan fingerprint density at radius 2 is 2.22 bits per heavy atom. The summed E-state index contributed by atoms with van der Waals surface area (Å²) in [6.07, 6.45) is 0.970. The number of halogens is 1. The first kappa shape index (κ1) is 13.6. The maximum Gasteiger partial charge on any atom is 0.322 e. The fraction of sp³-hybridized carbons (Fsp3) is 0.500. The Hall–Kier alpha value is -0.870. The van der Waals surface area contributed by atoms with Crippen molar-refractivity contribution >= 4 is 21.9 Å². The van der Waals surface area contributed by atoms with Crippen LogP contribution in [0.25, 0.3) is 0 Å². The summed E-state index contributed by atoms with van der Waals surface area (Å²) < 4.78 is 5.99. The van der Waals surface area contributed by atoms with Gasteiger partial charge in [0, 0.05) is 17.6 Å². The molecule has 0 saturated carbocycles. The number of esters is 1. The number of rotatable bonds is 2. The van der Waals surface area contributed by atoms with Crippen LogP contribution in [-0.4, -0.2) is 30.6 Å². The van der Waals surface area contributed by atoms with Crippen LogP contribution in [-0.2, 0) is 22.5 Å². The Labute approximate surface area is 116 Å². The van der Waals surface area contributed by atoms with Gasteiger partial charge in [0.2, 0.25) is 0 Å². The summed E-state index contributed by atoms with van der Waals surface area (Å²) in [5.41, 5.74) is 3.92. The van der Waals surface area contributed by atoms with Crippen LogP contribution in [0.4, 0.5) is 0 Å². The average molecular weight is 312 g/mol. The molecule has 3 nitrogen and oxygen atoms in total. The number of aryl methyl sites for hydroxylation is 1. The van der Waals surface area contributed by atoms with Gasteiger partial charge in [-0.1, -0.05) is 22.0 Å². The van der Waals surface area contributed by atoms with Crippen LogP contribution in [0.1, 0.15) is 23.6 Å². The number of nitrogens with zero attached hydrogens (tertiary/aromatic N) is 1. The smallest absolute Gasteiger partial charge is 0.322 e. The Bertz CT molecular complexity index is 473. The van der Waals surface area contributed by atoms with E-state index >= 15 is 0 Å². The third-order valence-corrected chi connectivity index (χ3v) is 4.25. The van der Waals surface area contributed by atoms with Gasteiger partial charge < -0.3 is 4.74 Å². The molecule has 0 aromatic heterocycles. The lowest BCUT2D eigenvalue weighted by Crippen LogP contribution is -2.42. The van der Waals surface area contributed by atoms with E-state index in [0.717, 1.165) is 19.5 Å². The van der Waals surface area contributed by atoms with Gasteiger partial charge in [-0.2, -0.15) is 0 Å². The first-order chi connectivity index (χ1) is 8.52. The van der Waals surface area contributed by atoms with Gasteiger partial charge in [0.15, 0.2) is 0 Å². The average Bonchev–Trinajstić information content (AvgIpc) is 2.36. The second kappa shape index (κ2) is 5.41. The number of hydrogen-bond donors (Lipinski definition) is 0. The van der Waals surface area contributed by atoms with Crippen molar-refractivity contribution < 1.29 is 9.53 Å². The molecule has 1 aliphatic rings. The molecule has 0 saturated heterocycles. The maximum atomic E-state index is 11.6. The molecule has 0 bridgehead atoms. The fourth-order valence-corrected chi connectivity index (χ4v) is 3.28. The van der Waals surface area contributed by atoms with E-state index in [-0.39, 0.29) is 12.0 Å². The van der Waals surface area contributed by atoms with E-state index in [0.29, 0.717) is 0 Å². The topological polar surface area (TPSA) is 29.5 Å². The number of hydrogen-bond acceptors (Lipinski definition) is 3. The number of fused-ring (bicyclic) bond motifs is 1. The molecule has 1 aromatic rings. The van der Waals surface area contributed by atoms with E-state index in [1.54, 1.807) is 0 Å². The van der Waals surface area contributed by atoms with Crippen molar-refractivity contribution in [2.75, 3.05) is 13.7 Å². The van der Waals surface area contributed by atoms with Gasteiger partial charge in [0.05, 0.1) is 7.11 Å². The molecule has 0 fully saturated rings. The number of methoxy groups -OCH3 is 1. The quantitative estimate of drug-likeness (QED) is 0.786. The standard InChI is InChI=1S/C14H18BrNO2/c1-9-6-11-8-16(10(2)14(17)18-3)5-4-12(11)13(15)7-9/h6-7,10H,4-5,8H2,1-3H3. The van der Waals surface area contributed by atoms with E-state index in [4.69, 9.17) is 4.74 Å². The molecular weight excluding hydrogens is 294 g/mol. The molecule has 4 heteroatoms. The second-order valence-electron chi connectivity index (χ2n) is 4.80. The lowest BCUT2D eigenvalue weighted by molar-refractivity contribution is -0.146. The molecule has 1 heterocycles. The summed E-state index contributed by atoms with van der Waals surface area (Å²) in [5.74, 6) is -0.162. The lowest BCUT2D eigenvalue weighted by Gasteiger charge is -2.32. The molecule has 1 atom stereocenters. The zero-order valence-corrected chi connectivity index (χ0v) is 12.6. The fourth-order valence-electron chi connectivity index (χ4n) is 2.47. The molecular formula is C14H18BrNO2. The highest BCUT2D eigenvalue weighted by Gasteiger charge is 2.26. The Morgan fingerprint density at radius 3 is 2.89 bits per heavy atom. The van der Waals surface area contributed by atoms with Crippen LogP contribution in [0.3, 0.4) is 0 Å². The van der Waals surface area contributed by atoms with Gasteiger partial charge in [-0.15, -0.1) is 0 Å². The summed E-state index contributed by atoms with van der Waals surface area (Å²) in [4.78, 5) is 13.8. The Balaban J connectivity index is 2.22. The van der Waals surface area contributed by atoms with Crippen molar-refractivity contribution in [2.45, 2.75) is 32.9 Å². The van der Waals surface area contributed by atoms with Crippen molar-refractivity contribution in [1.82, 2.24) is 4.90 Å². The monoisotopic (exact) mass is 311 g/mol. The Morgan fingerprint density at radius 1 is 1.50 bits per heavy atom. The molecule has 0 amide bonds. The minimum atomic E-state index is -0.178. The number of carbonyl (C=O) groups excluding carboxylic acids is 1. The van der Waals surface area contributed by atoms with E-state index < -0.39 is 0 Å². The van der Waals surface area contributed by atoms with E-state index in [9.17, 15) is 4.79 Å². The molecule has 0 N–H and O–H groups in total. The van der Waals surface area contributed by atoms with Crippen molar-refractivity contribution in [2.24, 2.45) is 0 Å². The minimum absolute atomic E-state index is 0.162. The van der Waals surface area contributed by atoms with Gasteiger partial charge in [0.1, 0.15) is 6.04 Å². The van der Waals surface area contributed by atoms with Crippen LogP contribution in [0.15, 0.2) is 16.6 Å². The van der Waals surface area contributed by atoms with Crippen LogP contribution >= 0.6 is 15.9 Å². The van der Waals surface area contributed by atoms with Gasteiger partial charge in [-0.05, 0) is 43.0 Å². The van der Waals surface area contributed by atoms with E-state index in [2.05, 4.69) is 39.9 Å². The molecule has 1 aromatic carbocycles. The van der Waals surface area contributed by atoms with E-state index in [1.807, 2.05) is 6.92 Å². The molecule has 1 aliphatic heterocycles. The minimum Gasteiger partial charge on any atom is -0.468 e. The van der Waals surface area contributed by atoms with Crippen LogP contribution in [0.5, 0.6) is 0 Å². The highest BCUT2D eigenvalue weighted by molar-refractivity contribution is 9.10. The molecule has 0 aliphatic carbocycles. The molecule has 18 heavy (non-hydrogen) atoms. The number of benzene rings is 1. The van der Waals surface area contributed by atoms with E-state index in [1.165, 1.54) is 28.3 Å². The predicted molar refractivity (Wildman–Crippen MR) is 74.5 cm³/mol. The summed E-state index contributed by atoms with van der Waals surface area (Å²) in [5, 5.41) is 0. The summed E-state index contributed by atoms with van der Waals surface area (Å²) in [6, 6.07) is 4.18. The predicted octanol–water partition coefficient (Wildman–Crippen LogP) is 2.68. The molecule has 0 spiro atoms. The highest BCUT2D eigenvalue weighted by atomic mass is 79.9. The van der Waals surface area contributed by atoms with Crippen LogP contribution < -0.4 is 0 Å². The number of ether oxygens (including phenoxy) is 1. The highest BCUT2D eigenvalue weighted by Crippen LogP contribution is 2.28. The molecule has 98 valence electrons. The third-order valence-electron chi connectivity index (χ3n) is 3.54. The third kappa shape index (κ3) is 2.59. The zero-order valence-electron chi connectivity index (χ0n) is 11.0. The molecule has 2 rings (SSSR count). The van der Waals surface area contributed by atoms with Crippen molar-refractivity contribution in [3.63, 3.8) is 0 Å². The lowest BCUT2D eigenvalue weighted by atomic mass is 9.97. The normalized spacial score (nSPS) is 17.1. The first-order valence-corrected chi connectivity index (χ1v) is 6.92. The number of carbonyl (C=O) groups is 1. The van der Waals surface area contributed by atoms with Gasteiger partial charge >= 0.3 is 5.97 Å². The van der Waals surface area contributed by atoms with Gasteiger partial charge in [-0.25, -0.2) is 0 Å². The van der Waals surface area contributed by atoms with Crippen molar-refractivity contribution in [3.8, 4) is 0 Å². The van der Waals surface area contributed by atoms with Gasteiger partial charge in [0.25, 0.3) is 0 Å². The van der Waals surface area contributed by atoms with Gasteiger partial charge in [-0.3, -0.25) is 9.69 Å².